The van der Waals surface area contributed by atoms with Crippen LogP contribution in [0.25, 0.3) is 28.1 Å². The Morgan fingerprint density at radius 3 is 2.69 bits per heavy atom. The smallest absolute Gasteiger partial charge is 0.262 e. The molecule has 0 spiro atoms. The summed E-state index contributed by atoms with van der Waals surface area (Å²) >= 11 is 1.51. The summed E-state index contributed by atoms with van der Waals surface area (Å²) in [6.45, 7) is 6.41. The lowest BCUT2D eigenvalue weighted by Gasteiger charge is -2.09. The molecule has 160 valence electrons. The van der Waals surface area contributed by atoms with Gasteiger partial charge in [-0.05, 0) is 31.2 Å². The molecule has 0 unspecified atom stereocenters. The fraction of sp³-hybridized carbons (Fsp3) is 0.182. The fourth-order valence-electron chi connectivity index (χ4n) is 3.69. The van der Waals surface area contributed by atoms with Gasteiger partial charge in [0.25, 0.3) is 5.56 Å². The summed E-state index contributed by atoms with van der Waals surface area (Å²) in [6, 6.07) is 9.63. The molecule has 0 fully saturated rings. The van der Waals surface area contributed by atoms with Gasteiger partial charge in [0.15, 0.2) is 11.0 Å². The van der Waals surface area contributed by atoms with Crippen molar-refractivity contribution in [3.63, 3.8) is 0 Å². The third-order valence-corrected chi connectivity index (χ3v) is 6.20. The Morgan fingerprint density at radius 1 is 1.09 bits per heavy atom. The number of hydrogen-bond donors (Lipinski definition) is 0. The second-order valence-electron chi connectivity index (χ2n) is 7.37. The number of thioether (sulfide) groups is 1. The van der Waals surface area contributed by atoms with Crippen molar-refractivity contribution in [3.8, 4) is 11.4 Å². The lowest BCUT2D eigenvalue weighted by molar-refractivity contribution is 0.730. The highest BCUT2D eigenvalue weighted by Crippen LogP contribution is 2.27. The van der Waals surface area contributed by atoms with E-state index in [4.69, 9.17) is 0 Å². The molecule has 5 aromatic rings. The summed E-state index contributed by atoms with van der Waals surface area (Å²) in [4.78, 5) is 16.8. The largest absolute Gasteiger partial charge is 0.298 e. The normalized spacial score (nSPS) is 11.4. The number of benzene rings is 1. The van der Waals surface area contributed by atoms with Crippen molar-refractivity contribution >= 4 is 28.4 Å². The van der Waals surface area contributed by atoms with Crippen LogP contribution in [-0.4, -0.2) is 38.9 Å². The van der Waals surface area contributed by atoms with Crippen molar-refractivity contribution in [1.82, 2.24) is 38.9 Å². The molecule has 0 aliphatic carbocycles. The maximum Gasteiger partial charge on any atom is 0.262 e. The van der Waals surface area contributed by atoms with Crippen LogP contribution in [0, 0.1) is 6.92 Å². The SMILES string of the molecule is C=CCn1c(SCc2nnc3n(C)c(=O)c4cc(C)ccc4n23)nnc1-c1ccncc1. The Morgan fingerprint density at radius 2 is 1.91 bits per heavy atom. The summed E-state index contributed by atoms with van der Waals surface area (Å²) in [5.41, 5.74) is 2.67. The van der Waals surface area contributed by atoms with Crippen molar-refractivity contribution in [2.24, 2.45) is 7.05 Å². The van der Waals surface area contributed by atoms with Gasteiger partial charge in [-0.15, -0.1) is 27.0 Å². The van der Waals surface area contributed by atoms with Gasteiger partial charge in [0, 0.05) is 31.5 Å². The van der Waals surface area contributed by atoms with E-state index in [1.54, 1.807) is 19.4 Å². The number of allylic oxidation sites excluding steroid dienone is 1. The van der Waals surface area contributed by atoms with E-state index in [-0.39, 0.29) is 5.56 Å². The number of aromatic nitrogens is 8. The van der Waals surface area contributed by atoms with Crippen molar-refractivity contribution in [1.29, 1.82) is 0 Å². The first-order valence-corrected chi connectivity index (χ1v) is 11.0. The molecular weight excluding hydrogens is 424 g/mol. The van der Waals surface area contributed by atoms with Crippen LogP contribution < -0.4 is 5.56 Å². The van der Waals surface area contributed by atoms with Crippen LogP contribution in [0.1, 0.15) is 11.4 Å². The lowest BCUT2D eigenvalue weighted by Crippen LogP contribution is -2.20. The third-order valence-electron chi connectivity index (χ3n) is 5.24. The summed E-state index contributed by atoms with van der Waals surface area (Å²) in [7, 11) is 1.72. The Labute approximate surface area is 187 Å². The van der Waals surface area contributed by atoms with Gasteiger partial charge >= 0.3 is 0 Å². The molecule has 0 N–H and O–H groups in total. The number of nitrogens with zero attached hydrogens (tertiary/aromatic N) is 8. The molecule has 4 heterocycles. The minimum absolute atomic E-state index is 0.0875. The first kappa shape index (κ1) is 20.1. The highest BCUT2D eigenvalue weighted by atomic mass is 32.2. The van der Waals surface area contributed by atoms with Crippen molar-refractivity contribution < 1.29 is 0 Å². The third kappa shape index (κ3) is 3.28. The Bertz CT molecular complexity index is 1520. The Balaban J connectivity index is 1.56. The highest BCUT2D eigenvalue weighted by molar-refractivity contribution is 7.98. The first-order chi connectivity index (χ1) is 15.6. The van der Waals surface area contributed by atoms with Gasteiger partial charge in [0.05, 0.1) is 16.7 Å². The van der Waals surface area contributed by atoms with E-state index in [0.717, 1.165) is 33.4 Å². The molecule has 0 atom stereocenters. The van der Waals surface area contributed by atoms with Gasteiger partial charge in [-0.2, -0.15) is 0 Å². The van der Waals surface area contributed by atoms with E-state index in [2.05, 4.69) is 32.0 Å². The number of rotatable bonds is 6. The highest BCUT2D eigenvalue weighted by Gasteiger charge is 2.18. The minimum atomic E-state index is -0.0875. The van der Waals surface area contributed by atoms with Gasteiger partial charge in [0.2, 0.25) is 5.78 Å². The molecule has 9 nitrogen and oxygen atoms in total. The predicted molar refractivity (Wildman–Crippen MR) is 123 cm³/mol. The van der Waals surface area contributed by atoms with Crippen LogP contribution in [0.5, 0.6) is 0 Å². The maximum atomic E-state index is 12.8. The van der Waals surface area contributed by atoms with Crippen molar-refractivity contribution in [2.45, 2.75) is 24.4 Å². The number of hydrogen-bond acceptors (Lipinski definition) is 7. The maximum absolute atomic E-state index is 12.8. The van der Waals surface area contributed by atoms with E-state index in [1.165, 1.54) is 16.3 Å². The average Bonchev–Trinajstić information content (AvgIpc) is 3.41. The van der Waals surface area contributed by atoms with Crippen LogP contribution in [-0.2, 0) is 19.3 Å². The summed E-state index contributed by atoms with van der Waals surface area (Å²) < 4.78 is 5.47. The second-order valence-corrected chi connectivity index (χ2v) is 8.31. The van der Waals surface area contributed by atoms with Crippen LogP contribution >= 0.6 is 11.8 Å². The van der Waals surface area contributed by atoms with E-state index in [0.29, 0.717) is 23.5 Å². The molecular formula is C22H20N8OS. The molecule has 0 saturated carbocycles. The van der Waals surface area contributed by atoms with E-state index in [1.807, 2.05) is 52.3 Å². The zero-order valence-electron chi connectivity index (χ0n) is 17.6. The van der Waals surface area contributed by atoms with Gasteiger partial charge in [-0.25, -0.2) is 0 Å². The lowest BCUT2D eigenvalue weighted by atomic mass is 10.1. The van der Waals surface area contributed by atoms with E-state index >= 15 is 0 Å². The number of pyridine rings is 1. The topological polar surface area (TPSA) is 95.8 Å². The Kier molecular flexibility index (Phi) is 5.06. The summed E-state index contributed by atoms with van der Waals surface area (Å²) in [5, 5.41) is 18.8. The number of aryl methyl sites for hydroxylation is 2. The first-order valence-electron chi connectivity index (χ1n) is 9.99. The van der Waals surface area contributed by atoms with Gasteiger partial charge in [-0.1, -0.05) is 29.5 Å². The van der Waals surface area contributed by atoms with Gasteiger partial charge in [0.1, 0.15) is 5.82 Å². The molecule has 1 aromatic carbocycles. The fourth-order valence-corrected chi connectivity index (χ4v) is 4.55. The minimum Gasteiger partial charge on any atom is -0.298 e. The van der Waals surface area contributed by atoms with Crippen LogP contribution in [0.3, 0.4) is 0 Å². The molecule has 4 aromatic heterocycles. The molecule has 0 aliphatic rings. The quantitative estimate of drug-likeness (QED) is 0.293. The van der Waals surface area contributed by atoms with Crippen molar-refractivity contribution in [3.05, 3.63) is 77.1 Å². The standard InChI is InChI=1S/C22H20N8OS/c1-4-11-29-19(15-7-9-23-10-8-15)25-27-22(29)32-13-18-24-26-21-28(3)20(31)16-12-14(2)5-6-17(16)30(18)21/h4-10,12H,1,11,13H2,2-3H3. The van der Waals surface area contributed by atoms with E-state index < -0.39 is 0 Å². The average molecular weight is 445 g/mol. The van der Waals surface area contributed by atoms with E-state index in [9.17, 15) is 4.79 Å². The van der Waals surface area contributed by atoms with Gasteiger partial charge < -0.3 is 0 Å². The predicted octanol–water partition coefficient (Wildman–Crippen LogP) is 3.02. The van der Waals surface area contributed by atoms with Crippen molar-refractivity contribution in [2.75, 3.05) is 0 Å². The molecule has 0 amide bonds. The molecule has 0 saturated heterocycles. The van der Waals surface area contributed by atoms with Crippen LogP contribution in [0.4, 0.5) is 0 Å². The Hall–Kier alpha value is -3.79. The molecule has 0 radical (unpaired) electrons. The van der Waals surface area contributed by atoms with Crippen LogP contribution in [0.15, 0.2) is 65.3 Å². The molecule has 0 bridgehead atoms. The molecule has 10 heteroatoms. The second kappa shape index (κ2) is 8.04. The number of fused-ring (bicyclic) bond motifs is 3. The summed E-state index contributed by atoms with van der Waals surface area (Å²) in [6.07, 6.45) is 5.28. The van der Waals surface area contributed by atoms with Crippen LogP contribution in [0.2, 0.25) is 0 Å². The zero-order chi connectivity index (χ0) is 22.2. The van der Waals surface area contributed by atoms with Gasteiger partial charge in [-0.3, -0.25) is 23.3 Å². The zero-order valence-corrected chi connectivity index (χ0v) is 18.5. The molecule has 0 aliphatic heterocycles. The molecule has 32 heavy (non-hydrogen) atoms. The molecule has 5 rings (SSSR count). The monoisotopic (exact) mass is 444 g/mol. The summed E-state index contributed by atoms with van der Waals surface area (Å²) in [5.74, 6) is 2.50.